The molecule has 3 aliphatic carbocycles. The topological polar surface area (TPSA) is 3.24 Å². The standard InChI is InChI=1S/C57H43N/c1-5-18-54(41(6-2)47-25-17-26-48-45-24-9-13-27-49(45)56(3,4)55(47)48)58(39-32-31-37-19-7-8-20-38(37)35-39)40-33-34-46-44-23-12-16-30-52(44)57(53(46)36-40)50-28-14-10-21-42(50)43-22-11-15-29-51(43)57/h5-36H,1H2,2-4H3/b41-6-,54-18+. The van der Waals surface area contributed by atoms with Crippen molar-refractivity contribution in [2.75, 3.05) is 4.90 Å². The van der Waals surface area contributed by atoms with Gasteiger partial charge in [-0.2, -0.15) is 0 Å². The molecule has 0 fully saturated rings. The van der Waals surface area contributed by atoms with Gasteiger partial charge in [0.05, 0.1) is 11.1 Å². The molecule has 0 N–H and O–H groups in total. The van der Waals surface area contributed by atoms with Gasteiger partial charge in [0.2, 0.25) is 0 Å². The van der Waals surface area contributed by atoms with Gasteiger partial charge in [-0.1, -0.05) is 184 Å². The van der Waals surface area contributed by atoms with Crippen LogP contribution in [0.5, 0.6) is 0 Å². The molecule has 0 heterocycles. The van der Waals surface area contributed by atoms with E-state index in [1.54, 1.807) is 0 Å². The summed E-state index contributed by atoms with van der Waals surface area (Å²) in [5.74, 6) is 0. The lowest BCUT2D eigenvalue weighted by atomic mass is 9.70. The van der Waals surface area contributed by atoms with Crippen LogP contribution in [0, 0.1) is 0 Å². The molecule has 1 spiro atoms. The van der Waals surface area contributed by atoms with Crippen molar-refractivity contribution in [3.8, 4) is 33.4 Å². The first-order chi connectivity index (χ1) is 28.5. The highest BCUT2D eigenvalue weighted by molar-refractivity contribution is 5.99. The van der Waals surface area contributed by atoms with Crippen molar-refractivity contribution in [2.45, 2.75) is 31.6 Å². The van der Waals surface area contributed by atoms with Crippen molar-refractivity contribution in [3.63, 3.8) is 0 Å². The van der Waals surface area contributed by atoms with Crippen LogP contribution in [0.4, 0.5) is 11.4 Å². The summed E-state index contributed by atoms with van der Waals surface area (Å²) in [6.45, 7) is 11.3. The quantitative estimate of drug-likeness (QED) is 0.153. The zero-order chi connectivity index (χ0) is 39.2. The van der Waals surface area contributed by atoms with Gasteiger partial charge in [0.25, 0.3) is 0 Å². The molecule has 0 radical (unpaired) electrons. The molecule has 0 aromatic heterocycles. The maximum Gasteiger partial charge on any atom is 0.0726 e. The van der Waals surface area contributed by atoms with Crippen molar-refractivity contribution in [3.05, 3.63) is 245 Å². The van der Waals surface area contributed by atoms with Gasteiger partial charge >= 0.3 is 0 Å². The molecule has 0 saturated carbocycles. The van der Waals surface area contributed by atoms with Gasteiger partial charge in [-0.15, -0.1) is 0 Å². The van der Waals surface area contributed by atoms with E-state index < -0.39 is 5.41 Å². The van der Waals surface area contributed by atoms with Gasteiger partial charge < -0.3 is 4.90 Å². The van der Waals surface area contributed by atoms with Crippen molar-refractivity contribution < 1.29 is 0 Å². The predicted molar refractivity (Wildman–Crippen MR) is 245 cm³/mol. The Morgan fingerprint density at radius 3 is 1.60 bits per heavy atom. The van der Waals surface area contributed by atoms with Crippen LogP contribution in [0.25, 0.3) is 49.7 Å². The third kappa shape index (κ3) is 4.59. The third-order valence-electron chi connectivity index (χ3n) is 13.2. The molecule has 0 saturated heterocycles. The van der Waals surface area contributed by atoms with Gasteiger partial charge in [0, 0.05) is 22.4 Å². The monoisotopic (exact) mass is 741 g/mol. The van der Waals surface area contributed by atoms with E-state index in [9.17, 15) is 0 Å². The van der Waals surface area contributed by atoms with Crippen molar-refractivity contribution in [2.24, 2.45) is 0 Å². The number of hydrogen-bond donors (Lipinski definition) is 0. The van der Waals surface area contributed by atoms with E-state index in [0.29, 0.717) is 0 Å². The van der Waals surface area contributed by atoms with Crippen LogP contribution in [0.15, 0.2) is 206 Å². The second-order valence-corrected chi connectivity index (χ2v) is 16.4. The average molecular weight is 742 g/mol. The molecule has 8 aromatic carbocycles. The number of hydrogen-bond acceptors (Lipinski definition) is 1. The highest BCUT2D eigenvalue weighted by Gasteiger charge is 2.51. The zero-order valence-corrected chi connectivity index (χ0v) is 33.1. The van der Waals surface area contributed by atoms with Gasteiger partial charge in [-0.05, 0) is 120 Å². The van der Waals surface area contributed by atoms with Gasteiger partial charge in [0.1, 0.15) is 0 Å². The second-order valence-electron chi connectivity index (χ2n) is 16.4. The lowest BCUT2D eigenvalue weighted by Crippen LogP contribution is -2.26. The van der Waals surface area contributed by atoms with Gasteiger partial charge in [0.15, 0.2) is 0 Å². The highest BCUT2D eigenvalue weighted by atomic mass is 15.2. The fourth-order valence-electron chi connectivity index (χ4n) is 10.9. The third-order valence-corrected chi connectivity index (χ3v) is 13.2. The first-order valence-electron chi connectivity index (χ1n) is 20.4. The Bertz CT molecular complexity index is 3010. The Kier molecular flexibility index (Phi) is 7.56. The normalized spacial score (nSPS) is 15.0. The molecule has 0 amide bonds. The molecule has 11 rings (SSSR count). The van der Waals surface area contributed by atoms with Crippen LogP contribution in [0.2, 0.25) is 0 Å². The number of fused-ring (bicyclic) bond motifs is 14. The first-order valence-corrected chi connectivity index (χ1v) is 20.4. The van der Waals surface area contributed by atoms with Crippen molar-refractivity contribution in [1.82, 2.24) is 0 Å². The summed E-state index contributed by atoms with van der Waals surface area (Å²) in [7, 11) is 0. The molecule has 0 aliphatic heterocycles. The van der Waals surface area contributed by atoms with Crippen LogP contribution in [-0.4, -0.2) is 0 Å². The van der Waals surface area contributed by atoms with E-state index >= 15 is 0 Å². The minimum Gasteiger partial charge on any atom is -0.310 e. The van der Waals surface area contributed by atoms with Crippen LogP contribution >= 0.6 is 0 Å². The molecule has 3 aliphatic rings. The molecule has 58 heavy (non-hydrogen) atoms. The number of anilines is 2. The fourth-order valence-corrected chi connectivity index (χ4v) is 10.9. The van der Waals surface area contributed by atoms with E-state index in [1.165, 1.54) is 88.7 Å². The SMILES string of the molecule is C=C/C=C(\C(=C/C)c1cccc2c1C(C)(C)c1ccccc1-2)N(c1ccc2c(c1)C1(c3ccccc3-c3ccccc31)c1ccccc1-2)c1ccc2ccccc2c1. The van der Waals surface area contributed by atoms with E-state index in [-0.39, 0.29) is 5.41 Å². The molecule has 1 heteroatoms. The van der Waals surface area contributed by atoms with E-state index in [1.807, 2.05) is 6.08 Å². The van der Waals surface area contributed by atoms with Crippen molar-refractivity contribution >= 4 is 27.7 Å². The van der Waals surface area contributed by atoms with Crippen LogP contribution in [-0.2, 0) is 10.8 Å². The molecule has 1 nitrogen and oxygen atoms in total. The van der Waals surface area contributed by atoms with Crippen molar-refractivity contribution in [1.29, 1.82) is 0 Å². The first kappa shape index (κ1) is 34.3. The number of allylic oxidation sites excluding steroid dienone is 4. The minimum atomic E-state index is -0.452. The summed E-state index contributed by atoms with van der Waals surface area (Å²) in [5, 5.41) is 2.42. The summed E-state index contributed by atoms with van der Waals surface area (Å²) in [6.07, 6.45) is 6.45. The molecule has 8 aromatic rings. The fraction of sp³-hybridized carbons (Fsp3) is 0.0877. The summed E-state index contributed by atoms with van der Waals surface area (Å²) in [6, 6.07) is 65.6. The highest BCUT2D eigenvalue weighted by Crippen LogP contribution is 2.63. The van der Waals surface area contributed by atoms with Crippen LogP contribution in [0.1, 0.15) is 59.7 Å². The van der Waals surface area contributed by atoms with Gasteiger partial charge in [-0.25, -0.2) is 0 Å². The molecule has 0 atom stereocenters. The average Bonchev–Trinajstić information content (AvgIpc) is 3.83. The van der Waals surface area contributed by atoms with E-state index in [0.717, 1.165) is 17.1 Å². The molecule has 0 unspecified atom stereocenters. The Labute approximate surface area is 341 Å². The summed E-state index contributed by atoms with van der Waals surface area (Å²) in [5.41, 5.74) is 20.9. The summed E-state index contributed by atoms with van der Waals surface area (Å²) >= 11 is 0. The van der Waals surface area contributed by atoms with E-state index in [4.69, 9.17) is 0 Å². The lowest BCUT2D eigenvalue weighted by molar-refractivity contribution is 0.658. The maximum atomic E-state index is 4.33. The predicted octanol–water partition coefficient (Wildman–Crippen LogP) is 14.8. The summed E-state index contributed by atoms with van der Waals surface area (Å²) in [4.78, 5) is 2.47. The number of rotatable bonds is 6. The molecular weight excluding hydrogens is 699 g/mol. The molecular formula is C57H43N. The Morgan fingerprint density at radius 1 is 0.483 bits per heavy atom. The van der Waals surface area contributed by atoms with Gasteiger partial charge in [-0.3, -0.25) is 0 Å². The second kappa shape index (κ2) is 12.8. The number of nitrogens with zero attached hydrogens (tertiary/aromatic N) is 1. The minimum absolute atomic E-state index is 0.182. The Hall–Kier alpha value is -6.96. The summed E-state index contributed by atoms with van der Waals surface area (Å²) < 4.78 is 0. The van der Waals surface area contributed by atoms with Crippen LogP contribution < -0.4 is 4.90 Å². The smallest absolute Gasteiger partial charge is 0.0726 e. The number of benzene rings is 8. The lowest BCUT2D eigenvalue weighted by Gasteiger charge is -2.34. The Morgan fingerprint density at radius 2 is 0.983 bits per heavy atom. The molecule has 0 bridgehead atoms. The molecule has 276 valence electrons. The van der Waals surface area contributed by atoms with E-state index in [2.05, 4.69) is 220 Å². The van der Waals surface area contributed by atoms with Crippen LogP contribution in [0.3, 0.4) is 0 Å². The maximum absolute atomic E-state index is 4.33. The largest absolute Gasteiger partial charge is 0.310 e. The Balaban J connectivity index is 1.18. The zero-order valence-electron chi connectivity index (χ0n) is 33.1.